The van der Waals surface area contributed by atoms with E-state index in [0.29, 0.717) is 81.1 Å². The number of allylic oxidation sites excluding steroid dienone is 8. The van der Waals surface area contributed by atoms with Gasteiger partial charge in [0, 0.05) is 67.6 Å². The van der Waals surface area contributed by atoms with Gasteiger partial charge in [-0.2, -0.15) is 13.0 Å². The van der Waals surface area contributed by atoms with Gasteiger partial charge < -0.3 is 28.6 Å². The van der Waals surface area contributed by atoms with Gasteiger partial charge in [0.25, 0.3) is 10.1 Å². The van der Waals surface area contributed by atoms with Crippen molar-refractivity contribution in [3.63, 3.8) is 0 Å². The zero-order valence-electron chi connectivity index (χ0n) is 33.7. The number of methoxy groups -OCH3 is 1. The van der Waals surface area contributed by atoms with Gasteiger partial charge in [-0.1, -0.05) is 30.4 Å². The Kier molecular flexibility index (Phi) is 16.2. The van der Waals surface area contributed by atoms with E-state index in [-0.39, 0.29) is 24.2 Å². The molecule has 0 amide bonds. The molecule has 2 aromatic carbocycles. The number of nitrogens with zero attached hydrogens (tertiary/aromatic N) is 2. The molecule has 2 aliphatic heterocycles. The van der Waals surface area contributed by atoms with Crippen LogP contribution in [0.1, 0.15) is 76.8 Å². The first-order chi connectivity index (χ1) is 27.7. The highest BCUT2D eigenvalue weighted by Gasteiger charge is 2.48. The lowest BCUT2D eigenvalue weighted by molar-refractivity contribution is -0.438. The molecule has 2 N–H and O–H groups in total. The summed E-state index contributed by atoms with van der Waals surface area (Å²) in [5.74, 6) is -1.43. The van der Waals surface area contributed by atoms with Crippen molar-refractivity contribution >= 4 is 53.4 Å². The van der Waals surface area contributed by atoms with Gasteiger partial charge in [0.05, 0.1) is 34.2 Å². The summed E-state index contributed by atoms with van der Waals surface area (Å²) in [6.45, 7) is 7.92. The van der Waals surface area contributed by atoms with Crippen LogP contribution in [0, 0.1) is 0 Å². The molecule has 2 atom stereocenters. The van der Waals surface area contributed by atoms with Crippen molar-refractivity contribution in [3.05, 3.63) is 95.8 Å². The number of hydrogen-bond donors (Lipinski definition) is 2. The summed E-state index contributed by atoms with van der Waals surface area (Å²) in [6.07, 6.45) is 15.1. The van der Waals surface area contributed by atoms with Crippen LogP contribution in [0.4, 0.5) is 11.4 Å². The lowest BCUT2D eigenvalue weighted by Gasteiger charge is -2.30. The smallest absolute Gasteiger partial charge is 0.303 e. The minimum absolute atomic E-state index is 0.0127. The van der Waals surface area contributed by atoms with E-state index < -0.39 is 57.8 Å². The normalized spacial score (nSPS) is 20.5. The maximum Gasteiger partial charge on any atom is 0.303 e. The molecule has 0 saturated heterocycles. The standard InChI is InChI=1S/C41H54N2O13S3/c1-5-42-35-20-18-31(58(49,50)51)29-33(35)41(3,23-25-56-27-26-55-4)37(42)15-10-7-6-8-11-16-38-40(2,22-14-28-57(46,47)48)34-30-32(59(52,53)54)19-21-36(34)43(38)24-13-9-12-17-39(44)45/h6-8,10-11,15-16,18-21,29-30H,5,9,12-14,17,22-28H2,1-4H3,(H3-,44,45,46,47,48,49,50,51,52,53,54)/p-1. The van der Waals surface area contributed by atoms with Gasteiger partial charge in [-0.25, -0.2) is 16.8 Å². The Bertz CT molecular complexity index is 2350. The van der Waals surface area contributed by atoms with E-state index in [1.165, 1.54) is 24.3 Å². The van der Waals surface area contributed by atoms with E-state index in [4.69, 9.17) is 14.6 Å². The van der Waals surface area contributed by atoms with Crippen LogP contribution in [0.15, 0.2) is 94.4 Å². The Morgan fingerprint density at radius 2 is 1.46 bits per heavy atom. The average molecular weight is 878 g/mol. The quantitative estimate of drug-likeness (QED) is 0.0602. The first kappa shape index (κ1) is 47.7. The molecule has 2 aromatic rings. The van der Waals surface area contributed by atoms with Gasteiger partial charge in [-0.05, 0) is 94.8 Å². The first-order valence-electron chi connectivity index (χ1n) is 19.3. The highest BCUT2D eigenvalue weighted by Crippen LogP contribution is 2.50. The number of aliphatic carboxylic acids is 1. The molecule has 0 fully saturated rings. The van der Waals surface area contributed by atoms with E-state index in [0.717, 1.165) is 11.4 Å². The zero-order valence-corrected chi connectivity index (χ0v) is 36.2. The number of carbonyl (C=O) groups is 1. The van der Waals surface area contributed by atoms with Gasteiger partial charge >= 0.3 is 5.97 Å². The van der Waals surface area contributed by atoms with Crippen molar-refractivity contribution < 1.29 is 62.9 Å². The third kappa shape index (κ3) is 12.1. The SMILES string of the molecule is CCN1/C(=C/C=C/C=C/C=C/C2=[N+](CCCCCC(=O)O)c3ccc(S(=O)(=O)[O-])cc3C2(C)CCCS(=O)(=O)O)C(C)(CCOCCOC)c2cc(S(=O)(=O)[O-])ccc21. The molecule has 2 unspecified atom stereocenters. The fraction of sp³-hybridized carbons (Fsp3) is 0.463. The molecule has 15 nitrogen and oxygen atoms in total. The molecule has 0 bridgehead atoms. The number of likely N-dealkylation sites (N-methyl/N-ethyl adjacent to an activating group) is 1. The van der Waals surface area contributed by atoms with Gasteiger partial charge in [0.2, 0.25) is 5.69 Å². The van der Waals surface area contributed by atoms with Gasteiger partial charge in [-0.15, -0.1) is 0 Å². The fourth-order valence-electron chi connectivity index (χ4n) is 7.82. The molecule has 2 aliphatic rings. The molecule has 0 spiro atoms. The molecule has 4 rings (SSSR count). The van der Waals surface area contributed by atoms with E-state index >= 15 is 0 Å². The molecule has 0 aromatic heterocycles. The van der Waals surface area contributed by atoms with Gasteiger partial charge in [0.15, 0.2) is 5.71 Å². The summed E-state index contributed by atoms with van der Waals surface area (Å²) in [7, 11) is -12.3. The zero-order chi connectivity index (χ0) is 43.6. The van der Waals surface area contributed by atoms with Crippen molar-refractivity contribution in [2.75, 3.05) is 50.7 Å². The third-order valence-corrected chi connectivity index (χ3v) is 13.3. The van der Waals surface area contributed by atoms with Gasteiger partial charge in [-0.3, -0.25) is 9.35 Å². The topological polar surface area (TPSA) is 231 Å². The molecule has 0 saturated carbocycles. The van der Waals surface area contributed by atoms with Crippen LogP contribution in [0.3, 0.4) is 0 Å². The second kappa shape index (κ2) is 20.0. The number of anilines is 1. The molecular formula is C41H53N2O13S3-. The largest absolute Gasteiger partial charge is 0.744 e. The Hall–Kier alpha value is -4.01. The maximum atomic E-state index is 12.1. The Balaban J connectivity index is 1.69. The number of fused-ring (bicyclic) bond motifs is 2. The Morgan fingerprint density at radius 3 is 2.08 bits per heavy atom. The van der Waals surface area contributed by atoms with Crippen LogP contribution in [-0.2, 0) is 55.5 Å². The second-order valence-corrected chi connectivity index (χ2v) is 19.2. The van der Waals surface area contributed by atoms with E-state index in [1.807, 2.05) is 49.7 Å². The molecule has 0 radical (unpaired) electrons. The number of ether oxygens (including phenoxy) is 2. The van der Waals surface area contributed by atoms with E-state index in [1.54, 1.807) is 37.5 Å². The summed E-state index contributed by atoms with van der Waals surface area (Å²) in [4.78, 5) is 12.4. The summed E-state index contributed by atoms with van der Waals surface area (Å²) >= 11 is 0. The lowest BCUT2D eigenvalue weighted by atomic mass is 9.76. The van der Waals surface area contributed by atoms with Crippen molar-refractivity contribution in [2.45, 2.75) is 86.3 Å². The summed E-state index contributed by atoms with van der Waals surface area (Å²) in [6, 6.07) is 8.51. The van der Waals surface area contributed by atoms with Crippen LogP contribution in [-0.4, -0.2) is 106 Å². The van der Waals surface area contributed by atoms with Crippen molar-refractivity contribution in [1.29, 1.82) is 0 Å². The van der Waals surface area contributed by atoms with Crippen molar-refractivity contribution in [2.24, 2.45) is 0 Å². The molecule has 18 heteroatoms. The minimum Gasteiger partial charge on any atom is -0.744 e. The molecule has 0 aliphatic carbocycles. The lowest BCUT2D eigenvalue weighted by Crippen LogP contribution is -2.32. The van der Waals surface area contributed by atoms with Crippen LogP contribution in [0.25, 0.3) is 0 Å². The molecule has 59 heavy (non-hydrogen) atoms. The average Bonchev–Trinajstić information content (AvgIpc) is 3.52. The predicted molar refractivity (Wildman–Crippen MR) is 221 cm³/mol. The van der Waals surface area contributed by atoms with Crippen LogP contribution in [0.5, 0.6) is 0 Å². The van der Waals surface area contributed by atoms with Crippen LogP contribution in [0.2, 0.25) is 0 Å². The highest BCUT2D eigenvalue weighted by molar-refractivity contribution is 7.86. The third-order valence-electron chi connectivity index (χ3n) is 10.8. The van der Waals surface area contributed by atoms with Crippen molar-refractivity contribution in [3.8, 4) is 0 Å². The summed E-state index contributed by atoms with van der Waals surface area (Å²) < 4.78 is 118. The number of benzene rings is 2. The fourth-order valence-corrected chi connectivity index (χ4v) is 9.32. The minimum atomic E-state index is -4.83. The molecule has 324 valence electrons. The van der Waals surface area contributed by atoms with E-state index in [9.17, 15) is 43.7 Å². The van der Waals surface area contributed by atoms with Gasteiger partial charge in [0.1, 0.15) is 26.8 Å². The Morgan fingerprint density at radius 1 is 0.814 bits per heavy atom. The summed E-state index contributed by atoms with van der Waals surface area (Å²) in [5.41, 5.74) is 2.52. The number of carboxylic acids is 1. The number of carboxylic acid groups (broad SMARTS) is 1. The number of hydrogen-bond acceptors (Lipinski definition) is 12. The number of unbranched alkanes of at least 4 members (excludes halogenated alkanes) is 2. The first-order valence-corrected chi connectivity index (χ1v) is 23.7. The Labute approximate surface area is 347 Å². The second-order valence-electron chi connectivity index (χ2n) is 14.8. The van der Waals surface area contributed by atoms with Crippen molar-refractivity contribution in [1.82, 2.24) is 0 Å². The number of rotatable bonds is 23. The highest BCUT2D eigenvalue weighted by atomic mass is 32.2. The van der Waals surface area contributed by atoms with Crippen LogP contribution >= 0.6 is 0 Å². The van der Waals surface area contributed by atoms with E-state index in [2.05, 4.69) is 4.90 Å². The summed E-state index contributed by atoms with van der Waals surface area (Å²) in [5, 5.41) is 9.09. The maximum absolute atomic E-state index is 12.1. The molecular weight excluding hydrogens is 825 g/mol. The van der Waals surface area contributed by atoms with Crippen LogP contribution < -0.4 is 4.90 Å². The predicted octanol–water partition coefficient (Wildman–Crippen LogP) is 5.57. The monoisotopic (exact) mass is 877 g/mol. The molecule has 2 heterocycles.